The van der Waals surface area contributed by atoms with Crippen molar-refractivity contribution in [2.45, 2.75) is 38.5 Å². The van der Waals surface area contributed by atoms with Gasteiger partial charge in [0, 0.05) is 19.5 Å². The van der Waals surface area contributed by atoms with Crippen molar-refractivity contribution in [2.24, 2.45) is 17.1 Å². The minimum atomic E-state index is -0.887. The van der Waals surface area contributed by atoms with Gasteiger partial charge in [-0.15, -0.1) is 0 Å². The molecule has 0 spiro atoms. The zero-order valence-electron chi connectivity index (χ0n) is 10.9. The third kappa shape index (κ3) is 2.72. The van der Waals surface area contributed by atoms with Crippen LogP contribution in [-0.2, 0) is 14.4 Å². The van der Waals surface area contributed by atoms with Gasteiger partial charge in [-0.05, 0) is 19.3 Å². The Hall–Kier alpha value is -1.59. The van der Waals surface area contributed by atoms with E-state index in [1.54, 1.807) is 4.90 Å². The highest BCUT2D eigenvalue weighted by atomic mass is 16.4. The normalized spacial score (nSPS) is 25.5. The molecular weight excluding hydrogens is 248 g/mol. The number of hydrogen-bond donors (Lipinski definition) is 2. The Morgan fingerprint density at radius 1 is 1.26 bits per heavy atom. The van der Waals surface area contributed by atoms with Crippen LogP contribution in [0.25, 0.3) is 0 Å². The Kier molecular flexibility index (Phi) is 3.78. The maximum absolute atomic E-state index is 12.2. The second-order valence-electron chi connectivity index (χ2n) is 5.70. The Labute approximate surface area is 111 Å². The zero-order chi connectivity index (χ0) is 14.0. The molecule has 1 saturated heterocycles. The van der Waals surface area contributed by atoms with Gasteiger partial charge in [0.25, 0.3) is 0 Å². The number of carboxylic acid groups (broad SMARTS) is 1. The molecule has 106 valence electrons. The quantitative estimate of drug-likeness (QED) is 0.768. The summed E-state index contributed by atoms with van der Waals surface area (Å²) >= 11 is 0. The Balaban J connectivity index is 1.97. The van der Waals surface area contributed by atoms with Crippen molar-refractivity contribution < 1.29 is 19.5 Å². The number of rotatable bonds is 4. The van der Waals surface area contributed by atoms with Crippen molar-refractivity contribution in [1.82, 2.24) is 4.90 Å². The molecule has 1 heterocycles. The molecule has 0 radical (unpaired) electrons. The van der Waals surface area contributed by atoms with E-state index in [1.165, 1.54) is 0 Å². The molecule has 3 N–H and O–H groups in total. The number of nitrogens with two attached hydrogens (primary N) is 1. The third-order valence-electron chi connectivity index (χ3n) is 4.45. The number of primary amides is 1. The van der Waals surface area contributed by atoms with Gasteiger partial charge in [-0.25, -0.2) is 0 Å². The topological polar surface area (TPSA) is 101 Å². The molecule has 19 heavy (non-hydrogen) atoms. The average molecular weight is 268 g/mol. The lowest BCUT2D eigenvalue weighted by Gasteiger charge is -2.26. The van der Waals surface area contributed by atoms with Crippen LogP contribution in [0.1, 0.15) is 38.5 Å². The van der Waals surface area contributed by atoms with Crippen LogP contribution >= 0.6 is 0 Å². The van der Waals surface area contributed by atoms with Crippen LogP contribution < -0.4 is 5.73 Å². The molecule has 0 bridgehead atoms. The third-order valence-corrected chi connectivity index (χ3v) is 4.45. The molecule has 2 rings (SSSR count). The zero-order valence-corrected chi connectivity index (χ0v) is 10.9. The summed E-state index contributed by atoms with van der Waals surface area (Å²) in [7, 11) is 0. The van der Waals surface area contributed by atoms with Gasteiger partial charge < -0.3 is 15.7 Å². The lowest BCUT2D eigenvalue weighted by atomic mass is 9.82. The lowest BCUT2D eigenvalue weighted by molar-refractivity contribution is -0.153. The van der Waals surface area contributed by atoms with Crippen molar-refractivity contribution >= 4 is 17.8 Å². The largest absolute Gasteiger partial charge is 0.481 e. The van der Waals surface area contributed by atoms with Crippen molar-refractivity contribution in [1.29, 1.82) is 0 Å². The molecule has 1 atom stereocenters. The number of carbonyl (C=O) groups is 3. The van der Waals surface area contributed by atoms with Gasteiger partial charge in [0.15, 0.2) is 0 Å². The van der Waals surface area contributed by atoms with Crippen molar-refractivity contribution in [3.8, 4) is 0 Å². The summed E-state index contributed by atoms with van der Waals surface area (Å²) in [5.74, 6) is -1.70. The minimum Gasteiger partial charge on any atom is -0.481 e. The van der Waals surface area contributed by atoms with Crippen molar-refractivity contribution in [3.63, 3.8) is 0 Å². The summed E-state index contributed by atoms with van der Waals surface area (Å²) in [4.78, 5) is 36.2. The number of hydrogen-bond acceptors (Lipinski definition) is 3. The van der Waals surface area contributed by atoms with Crippen LogP contribution in [0.4, 0.5) is 0 Å². The smallest absolute Gasteiger partial charge is 0.310 e. The fraction of sp³-hybridized carbons (Fsp3) is 0.769. The maximum atomic E-state index is 12.2. The van der Waals surface area contributed by atoms with E-state index in [2.05, 4.69) is 0 Å². The number of aliphatic carboxylic acids is 1. The molecule has 6 heteroatoms. The first-order valence-electron chi connectivity index (χ1n) is 6.75. The summed E-state index contributed by atoms with van der Waals surface area (Å²) in [5, 5.41) is 9.35. The summed E-state index contributed by atoms with van der Waals surface area (Å²) in [5.41, 5.74) is 4.34. The molecule has 6 nitrogen and oxygen atoms in total. The monoisotopic (exact) mass is 268 g/mol. The minimum absolute atomic E-state index is 0.0494. The highest BCUT2D eigenvalue weighted by Gasteiger charge is 2.44. The summed E-state index contributed by atoms with van der Waals surface area (Å²) in [6.45, 7) is 0.839. The average Bonchev–Trinajstić information content (AvgIpc) is 2.97. The second kappa shape index (κ2) is 5.19. The maximum Gasteiger partial charge on any atom is 0.310 e. The Morgan fingerprint density at radius 2 is 1.89 bits per heavy atom. The van der Waals surface area contributed by atoms with Crippen LogP contribution in [0, 0.1) is 11.3 Å². The molecule has 1 unspecified atom stereocenters. The van der Waals surface area contributed by atoms with Gasteiger partial charge in [0.1, 0.15) is 0 Å². The SMILES string of the molecule is NC(=O)C1CCN(C(=O)CC2(C(=O)O)CCCC2)C1. The molecule has 0 aromatic heterocycles. The van der Waals surface area contributed by atoms with Crippen LogP contribution in [0.3, 0.4) is 0 Å². The first-order chi connectivity index (χ1) is 8.94. The predicted octanol–water partition coefficient (Wildman–Crippen LogP) is 0.355. The highest BCUT2D eigenvalue weighted by molar-refractivity contribution is 5.86. The fourth-order valence-electron chi connectivity index (χ4n) is 3.14. The molecular formula is C13H20N2O4. The van der Waals surface area contributed by atoms with Crippen molar-refractivity contribution in [2.75, 3.05) is 13.1 Å². The van der Waals surface area contributed by atoms with E-state index in [9.17, 15) is 19.5 Å². The van der Waals surface area contributed by atoms with E-state index in [0.29, 0.717) is 32.4 Å². The lowest BCUT2D eigenvalue weighted by Crippen LogP contribution is -2.38. The fourth-order valence-corrected chi connectivity index (χ4v) is 3.14. The van der Waals surface area contributed by atoms with Crippen molar-refractivity contribution in [3.05, 3.63) is 0 Å². The van der Waals surface area contributed by atoms with E-state index in [1.807, 2.05) is 0 Å². The summed E-state index contributed by atoms with van der Waals surface area (Å²) < 4.78 is 0. The van der Waals surface area contributed by atoms with Gasteiger partial charge in [0.2, 0.25) is 11.8 Å². The van der Waals surface area contributed by atoms with Gasteiger partial charge in [-0.1, -0.05) is 12.8 Å². The second-order valence-corrected chi connectivity index (χ2v) is 5.70. The van der Waals surface area contributed by atoms with E-state index >= 15 is 0 Å². The van der Waals surface area contributed by atoms with Gasteiger partial charge in [0.05, 0.1) is 11.3 Å². The van der Waals surface area contributed by atoms with E-state index in [-0.39, 0.29) is 24.2 Å². The van der Waals surface area contributed by atoms with Crippen LogP contribution in [0.5, 0.6) is 0 Å². The highest BCUT2D eigenvalue weighted by Crippen LogP contribution is 2.42. The molecule has 1 aliphatic carbocycles. The number of carbonyl (C=O) groups excluding carboxylic acids is 2. The predicted molar refractivity (Wildman–Crippen MR) is 67.0 cm³/mol. The molecule has 2 amide bonds. The van der Waals surface area contributed by atoms with E-state index in [4.69, 9.17) is 5.73 Å². The van der Waals surface area contributed by atoms with Gasteiger partial charge >= 0.3 is 5.97 Å². The number of nitrogens with zero attached hydrogens (tertiary/aromatic N) is 1. The van der Waals surface area contributed by atoms with E-state index in [0.717, 1.165) is 12.8 Å². The first-order valence-corrected chi connectivity index (χ1v) is 6.75. The molecule has 2 fully saturated rings. The molecule has 0 aromatic rings. The first kappa shape index (κ1) is 13.8. The summed E-state index contributed by atoms with van der Waals surface area (Å²) in [6, 6.07) is 0. The number of amides is 2. The standard InChI is InChI=1S/C13H20N2O4/c14-11(17)9-3-6-15(8-9)10(16)7-13(12(18)19)4-1-2-5-13/h9H,1-8H2,(H2,14,17)(H,18,19). The number of likely N-dealkylation sites (tertiary alicyclic amines) is 1. The Bertz CT molecular complexity index is 401. The Morgan fingerprint density at radius 3 is 2.37 bits per heavy atom. The summed E-state index contributed by atoms with van der Waals surface area (Å²) in [6.07, 6.45) is 3.50. The number of carboxylic acids is 1. The van der Waals surface area contributed by atoms with E-state index < -0.39 is 11.4 Å². The van der Waals surface area contributed by atoms with Crippen LogP contribution in [-0.4, -0.2) is 40.9 Å². The molecule has 0 aromatic carbocycles. The molecule has 1 saturated carbocycles. The molecule has 1 aliphatic heterocycles. The molecule has 2 aliphatic rings. The van der Waals surface area contributed by atoms with Crippen LogP contribution in [0.15, 0.2) is 0 Å². The van der Waals surface area contributed by atoms with Crippen LogP contribution in [0.2, 0.25) is 0 Å². The van der Waals surface area contributed by atoms with Gasteiger partial charge in [-0.3, -0.25) is 14.4 Å². The van der Waals surface area contributed by atoms with Gasteiger partial charge in [-0.2, -0.15) is 0 Å².